The van der Waals surface area contributed by atoms with Gasteiger partial charge in [0, 0.05) is 202 Å². The average Bonchev–Trinajstić information content (AvgIpc) is 3.94. The third-order valence-corrected chi connectivity index (χ3v) is 4.09. The fourth-order valence-electron chi connectivity index (χ4n) is 2.41. The summed E-state index contributed by atoms with van der Waals surface area (Å²) in [4.78, 5) is 0. The molecule has 6 radical (unpaired) electrons. The molecule has 0 spiro atoms. The first-order valence-corrected chi connectivity index (χ1v) is 22.8. The predicted octanol–water partition coefficient (Wildman–Crippen LogP) is 20.2. The first-order valence-electron chi connectivity index (χ1n) is 22.8. The maximum Gasteiger partial charge on any atom is 0.204 e. The number of nitrogens with one attached hydrogen (secondary N) is 1. The van der Waals surface area contributed by atoms with E-state index in [0.717, 1.165) is 50.5 Å². The molecule has 13 heteroatoms. The van der Waals surface area contributed by atoms with Crippen LogP contribution in [0.5, 0.6) is 0 Å². The van der Waals surface area contributed by atoms with Crippen LogP contribution in [-0.4, -0.2) is 20.6 Å². The molecule has 76 heavy (non-hydrogen) atoms. The van der Waals surface area contributed by atoms with Crippen molar-refractivity contribution in [3.05, 3.63) is 248 Å². The van der Waals surface area contributed by atoms with Gasteiger partial charge in [-0.2, -0.15) is 79.8 Å². The van der Waals surface area contributed by atoms with Crippen molar-refractivity contribution < 1.29 is 196 Å². The molecular weight excluding hydrogens is 1390 g/mol. The zero-order valence-electron chi connectivity index (χ0n) is 51.2. The fourth-order valence-corrected chi connectivity index (χ4v) is 2.41. The number of tetrazole rings is 1. The van der Waals surface area contributed by atoms with Crippen molar-refractivity contribution >= 4 is 0 Å². The molecule has 0 aliphatic carbocycles. The standard InChI is InChI=1S/C7H6N4.3C7H5N.7C3H7.C3H6.C2H6.2C2H5.C2H4.3CH3.6Y/c1-2-4-6(5-3-1)7-8-10-11-9-7;3*8-6-7-4-2-1-3-5-7;8*1-3-2;4*1-2;;;;;;;;;/h1-5H,(H,8,9,10,11);3*1-5H;7*1,3H2,2H3;3H,1H2,2H3;1-2H3;2*1H2,2H3;1-2H2;3*1H3;;;;;;/q;;;;7*-1;;;2*-1;;3*-1;;;;;;. The molecule has 0 aliphatic rings. The van der Waals surface area contributed by atoms with Gasteiger partial charge in [-0.05, 0) is 48.5 Å². The summed E-state index contributed by atoms with van der Waals surface area (Å²) in [5, 5.41) is 38.4. The van der Waals surface area contributed by atoms with Gasteiger partial charge in [-0.1, -0.05) is 153 Å². The second kappa shape index (κ2) is 164. The van der Waals surface area contributed by atoms with E-state index < -0.39 is 0 Å². The van der Waals surface area contributed by atoms with E-state index in [-0.39, 0.29) is 219 Å². The van der Waals surface area contributed by atoms with Gasteiger partial charge in [-0.25, -0.2) is 0 Å². The van der Waals surface area contributed by atoms with Crippen molar-refractivity contribution in [1.29, 1.82) is 15.8 Å². The summed E-state index contributed by atoms with van der Waals surface area (Å²) in [7, 11) is 0. The largest absolute Gasteiger partial charge is 0.358 e. The molecule has 0 unspecified atom stereocenters. The van der Waals surface area contributed by atoms with E-state index >= 15 is 0 Å². The number of aromatic amines is 1. The van der Waals surface area contributed by atoms with E-state index in [2.05, 4.69) is 103 Å². The van der Waals surface area contributed by atoms with Crippen LogP contribution in [-0.2, 0) is 196 Å². The van der Waals surface area contributed by atoms with E-state index in [4.69, 9.17) is 15.8 Å². The molecular formula is C63H105N7Y6-12. The molecule has 422 valence electrons. The van der Waals surface area contributed by atoms with Gasteiger partial charge in [-0.15, -0.1) is 29.9 Å². The first kappa shape index (κ1) is 137. The van der Waals surface area contributed by atoms with Crippen molar-refractivity contribution in [2.24, 2.45) is 0 Å². The molecule has 0 fully saturated rings. The number of rotatable bonds is 1. The Hall–Kier alpha value is 0.523. The Morgan fingerprint density at radius 3 is 0.711 bits per heavy atom. The van der Waals surface area contributed by atoms with Gasteiger partial charge < -0.3 is 84.6 Å². The summed E-state index contributed by atoms with van der Waals surface area (Å²) in [6, 6.07) is 43.2. The number of aromatic nitrogens is 4. The molecule has 5 aromatic rings. The summed E-state index contributed by atoms with van der Waals surface area (Å²) in [5.41, 5.74) is 3.12. The zero-order valence-corrected chi connectivity index (χ0v) is 68.2. The molecule has 7 nitrogen and oxygen atoms in total. The van der Waals surface area contributed by atoms with Crippen LogP contribution in [0.1, 0.15) is 145 Å². The van der Waals surface area contributed by atoms with E-state index in [0.29, 0.717) is 22.5 Å². The number of allylic oxidation sites excluding steroid dienone is 1. The van der Waals surface area contributed by atoms with E-state index in [1.54, 1.807) is 56.3 Å². The summed E-state index contributed by atoms with van der Waals surface area (Å²) in [6.45, 7) is 63.8. The van der Waals surface area contributed by atoms with Gasteiger partial charge in [0.15, 0.2) is 0 Å². The topological polar surface area (TPSA) is 126 Å². The third-order valence-electron chi connectivity index (χ3n) is 4.09. The summed E-state index contributed by atoms with van der Waals surface area (Å²) in [5.74, 6) is 0.630. The third kappa shape index (κ3) is 164. The van der Waals surface area contributed by atoms with Crippen LogP contribution in [0.15, 0.2) is 147 Å². The quantitative estimate of drug-likeness (QED) is 0.132. The number of benzene rings is 4. The fraction of sp³-hybridized carbons (Fsp3) is 0.302. The molecule has 1 N–H and O–H groups in total. The Morgan fingerprint density at radius 1 is 0.434 bits per heavy atom. The molecule has 0 saturated heterocycles. The number of H-pyrrole nitrogens is 1. The van der Waals surface area contributed by atoms with E-state index in [1.165, 1.54) is 0 Å². The monoisotopic (exact) mass is 1490 g/mol. The SMILES string of the molecule is C=C.C=CC.CC.N#Cc1ccccc1.N#Cc1ccccc1.N#Cc1ccccc1.[CH2-]C.[CH2-]C.[CH2-]CC.[CH2-]CC.[CH2-]CC.[CH2-]CC.[CH2-]CC.[CH2-]CC.[CH2-]CC.[CH3-].[CH3-].[CH3-].[Y].[Y].[Y].[Y].[Y].[Y].c1ccc(-c2nn[nH]n2)cc1. The van der Waals surface area contributed by atoms with Crippen molar-refractivity contribution in [3.8, 4) is 29.6 Å². The van der Waals surface area contributed by atoms with Crippen molar-refractivity contribution in [1.82, 2.24) is 20.6 Å². The van der Waals surface area contributed by atoms with Crippen LogP contribution in [0, 0.1) is 119 Å². The molecule has 0 saturated carbocycles. The molecule has 1 aromatic heterocycles. The van der Waals surface area contributed by atoms with Crippen molar-refractivity contribution in [3.63, 3.8) is 0 Å². The van der Waals surface area contributed by atoms with Crippen molar-refractivity contribution in [2.75, 3.05) is 0 Å². The van der Waals surface area contributed by atoms with Crippen LogP contribution >= 0.6 is 0 Å². The second-order valence-corrected chi connectivity index (χ2v) is 10.4. The number of nitrogens with zero attached hydrogens (tertiary/aromatic N) is 6. The van der Waals surface area contributed by atoms with Gasteiger partial charge in [0.2, 0.25) is 5.82 Å². The minimum absolute atomic E-state index is 0. The van der Waals surface area contributed by atoms with Gasteiger partial charge >= 0.3 is 0 Å². The smallest absolute Gasteiger partial charge is 0.204 e. The first-order chi connectivity index (χ1) is 32.6. The Kier molecular flexibility index (Phi) is 295. The summed E-state index contributed by atoms with van der Waals surface area (Å²) >= 11 is 0. The Balaban J connectivity index is -0.0000000252. The minimum Gasteiger partial charge on any atom is -0.358 e. The molecule has 0 amide bonds. The van der Waals surface area contributed by atoms with Crippen LogP contribution in [0.25, 0.3) is 11.4 Å². The normalized spacial score (nSPS) is 6.03. The van der Waals surface area contributed by atoms with Crippen molar-refractivity contribution in [2.45, 2.75) is 128 Å². The minimum atomic E-state index is 0. The number of hydrogen-bond donors (Lipinski definition) is 1. The number of hydrogen-bond acceptors (Lipinski definition) is 6. The molecule has 1 heterocycles. The molecule has 0 aliphatic heterocycles. The summed E-state index contributed by atoms with van der Waals surface area (Å²) in [6.07, 6.45) is 8.75. The zero-order chi connectivity index (χ0) is 54.6. The molecule has 0 atom stereocenters. The Morgan fingerprint density at radius 2 is 0.592 bits per heavy atom. The van der Waals surface area contributed by atoms with Gasteiger partial charge in [0.05, 0.1) is 34.9 Å². The van der Waals surface area contributed by atoms with Gasteiger partial charge in [0.25, 0.3) is 0 Å². The summed E-state index contributed by atoms with van der Waals surface area (Å²) < 4.78 is 0. The van der Waals surface area contributed by atoms with Gasteiger partial charge in [-0.3, -0.25) is 0 Å². The van der Waals surface area contributed by atoms with Crippen LogP contribution in [0.3, 0.4) is 0 Å². The Bertz CT molecular complexity index is 1410. The number of nitriles is 3. The van der Waals surface area contributed by atoms with Crippen LogP contribution in [0.2, 0.25) is 0 Å². The predicted molar refractivity (Wildman–Crippen MR) is 322 cm³/mol. The maximum atomic E-state index is 8.29. The second-order valence-electron chi connectivity index (χ2n) is 10.4. The molecule has 4 aromatic carbocycles. The molecule has 0 bridgehead atoms. The average molecular weight is 1490 g/mol. The maximum absolute atomic E-state index is 8.29. The van der Waals surface area contributed by atoms with Crippen LogP contribution < -0.4 is 0 Å². The molecule has 5 rings (SSSR count). The van der Waals surface area contributed by atoms with E-state index in [1.807, 2.05) is 172 Å². The van der Waals surface area contributed by atoms with Crippen LogP contribution in [0.4, 0.5) is 0 Å². The Labute approximate surface area is 629 Å². The van der Waals surface area contributed by atoms with E-state index in [9.17, 15) is 0 Å². The van der Waals surface area contributed by atoms with Gasteiger partial charge in [0.1, 0.15) is 0 Å².